The molecule has 1 amide bonds. The smallest absolute Gasteiger partial charge is 0.319 e. The topological polar surface area (TPSA) is 62.4 Å². The minimum Gasteiger partial charge on any atom is -0.468 e. The van der Waals surface area contributed by atoms with E-state index in [9.17, 15) is 9.59 Å². The van der Waals surface area contributed by atoms with Gasteiger partial charge in [-0.15, -0.1) is 0 Å². The number of carbonyl (C=O) groups excluding carboxylic acids is 2. The van der Waals surface area contributed by atoms with Gasteiger partial charge in [-0.2, -0.15) is 0 Å². The van der Waals surface area contributed by atoms with Gasteiger partial charge in [0.15, 0.2) is 0 Å². The fourth-order valence-electron chi connectivity index (χ4n) is 6.02. The number of hydrogen-bond donors (Lipinski definition) is 1. The summed E-state index contributed by atoms with van der Waals surface area (Å²) in [6.07, 6.45) is 3.21. The second kappa shape index (κ2) is 5.35. The maximum Gasteiger partial charge on any atom is 0.319 e. The van der Waals surface area contributed by atoms with Crippen molar-refractivity contribution >= 4 is 22.8 Å². The van der Waals surface area contributed by atoms with Crippen LogP contribution in [0.25, 0.3) is 10.9 Å². The highest BCUT2D eigenvalue weighted by molar-refractivity contribution is 5.95. The molecule has 3 aliphatic heterocycles. The Morgan fingerprint density at radius 1 is 1.38 bits per heavy atom. The minimum atomic E-state index is -0.767. The number of rotatable bonds is 2. The number of methoxy groups -OCH3 is 1. The van der Waals surface area contributed by atoms with Gasteiger partial charge in [0.25, 0.3) is 0 Å². The van der Waals surface area contributed by atoms with Crippen LogP contribution in [0.15, 0.2) is 24.3 Å². The van der Waals surface area contributed by atoms with E-state index in [4.69, 9.17) is 4.74 Å². The first-order valence-electron chi connectivity index (χ1n) is 9.60. The molecule has 2 aromatic rings. The predicted octanol–water partition coefficient (Wildman–Crippen LogP) is 2.78. The molecule has 1 aromatic heterocycles. The summed E-state index contributed by atoms with van der Waals surface area (Å²) < 4.78 is 5.36. The van der Waals surface area contributed by atoms with Crippen LogP contribution in [-0.2, 0) is 26.2 Å². The second-order valence-corrected chi connectivity index (χ2v) is 8.02. The largest absolute Gasteiger partial charge is 0.468 e. The van der Waals surface area contributed by atoms with Gasteiger partial charge >= 0.3 is 5.97 Å². The Hall–Kier alpha value is -2.30. The molecule has 4 aliphatic rings. The Morgan fingerprint density at radius 2 is 2.19 bits per heavy atom. The summed E-state index contributed by atoms with van der Waals surface area (Å²) in [7, 11) is 1.47. The van der Waals surface area contributed by atoms with Gasteiger partial charge in [0, 0.05) is 29.1 Å². The first kappa shape index (κ1) is 15.9. The Morgan fingerprint density at radius 3 is 2.96 bits per heavy atom. The molecule has 136 valence electrons. The summed E-state index contributed by atoms with van der Waals surface area (Å²) in [6, 6.07) is 8.12. The first-order valence-corrected chi connectivity index (χ1v) is 9.60. The zero-order valence-electron chi connectivity index (χ0n) is 15.2. The Balaban J connectivity index is 1.83. The van der Waals surface area contributed by atoms with Crippen molar-refractivity contribution in [3.8, 4) is 0 Å². The molecular formula is C21H24N2O3. The summed E-state index contributed by atoms with van der Waals surface area (Å²) in [5, 5.41) is 1.16. The quantitative estimate of drug-likeness (QED) is 0.846. The molecule has 4 heterocycles. The van der Waals surface area contributed by atoms with Crippen molar-refractivity contribution in [2.24, 2.45) is 11.8 Å². The van der Waals surface area contributed by atoms with Crippen LogP contribution < -0.4 is 0 Å². The molecule has 1 aliphatic carbocycles. The summed E-state index contributed by atoms with van der Waals surface area (Å²) in [5.74, 6) is 0.288. The summed E-state index contributed by atoms with van der Waals surface area (Å²) in [5.41, 5.74) is 2.48. The zero-order chi connectivity index (χ0) is 18.1. The van der Waals surface area contributed by atoms with Gasteiger partial charge in [0.05, 0.1) is 13.2 Å². The number of carbonyl (C=O) groups is 2. The van der Waals surface area contributed by atoms with Crippen molar-refractivity contribution in [2.45, 2.75) is 44.1 Å². The molecule has 1 unspecified atom stereocenters. The van der Waals surface area contributed by atoms with Crippen molar-refractivity contribution in [1.82, 2.24) is 9.88 Å². The number of hydrogen-bond acceptors (Lipinski definition) is 3. The molecule has 1 N–H and O–H groups in total. The number of fused-ring (bicyclic) bond motifs is 4. The highest BCUT2D eigenvalue weighted by atomic mass is 16.5. The van der Waals surface area contributed by atoms with E-state index in [1.54, 1.807) is 0 Å². The van der Waals surface area contributed by atoms with E-state index in [-0.39, 0.29) is 23.8 Å². The zero-order valence-corrected chi connectivity index (χ0v) is 15.2. The second-order valence-electron chi connectivity index (χ2n) is 8.02. The molecule has 6 rings (SSSR count). The van der Waals surface area contributed by atoms with Crippen LogP contribution in [0, 0.1) is 11.8 Å². The molecule has 5 nitrogen and oxygen atoms in total. The standard InChI is InChI=1S/C21H24N2O3/c1-3-12-10-13-11-21(20(25)26-2)17-15(8-9-23(18(12)21)19(13)24)14-6-4-5-7-16(14)22-17/h4-7,12-13,18,22H,3,8-11H2,1-2H3/t12?,13-,18-,21+/m0/s1. The van der Waals surface area contributed by atoms with Crippen molar-refractivity contribution in [2.75, 3.05) is 13.7 Å². The van der Waals surface area contributed by atoms with Crippen molar-refractivity contribution in [1.29, 1.82) is 0 Å². The lowest BCUT2D eigenvalue weighted by molar-refractivity contribution is -0.172. The molecule has 4 atom stereocenters. The molecule has 1 saturated carbocycles. The van der Waals surface area contributed by atoms with Gasteiger partial charge in [-0.3, -0.25) is 9.59 Å². The van der Waals surface area contributed by atoms with Crippen LogP contribution in [0.3, 0.4) is 0 Å². The highest BCUT2D eigenvalue weighted by Gasteiger charge is 2.65. The summed E-state index contributed by atoms with van der Waals surface area (Å²) >= 11 is 0. The van der Waals surface area contributed by atoms with Gasteiger partial charge in [-0.1, -0.05) is 31.5 Å². The maximum atomic E-state index is 13.3. The molecule has 5 heteroatoms. The van der Waals surface area contributed by atoms with E-state index in [1.165, 1.54) is 12.7 Å². The van der Waals surface area contributed by atoms with Crippen LogP contribution in [0.2, 0.25) is 0 Å². The number of ether oxygens (including phenoxy) is 1. The maximum absolute atomic E-state index is 13.3. The molecule has 0 spiro atoms. The van der Waals surface area contributed by atoms with Crippen LogP contribution in [0.1, 0.15) is 37.4 Å². The van der Waals surface area contributed by atoms with E-state index in [2.05, 4.69) is 24.0 Å². The van der Waals surface area contributed by atoms with E-state index >= 15 is 0 Å². The number of piperidine rings is 2. The van der Waals surface area contributed by atoms with Crippen molar-refractivity contribution < 1.29 is 14.3 Å². The molecular weight excluding hydrogens is 328 g/mol. The number of aromatic amines is 1. The first-order chi connectivity index (χ1) is 12.6. The molecule has 0 radical (unpaired) electrons. The normalized spacial score (nSPS) is 32.5. The fourth-order valence-corrected chi connectivity index (χ4v) is 6.02. The number of aromatic nitrogens is 1. The van der Waals surface area contributed by atoms with E-state index in [1.807, 2.05) is 17.0 Å². The Kier molecular flexibility index (Phi) is 3.27. The summed E-state index contributed by atoms with van der Waals surface area (Å²) in [4.78, 5) is 31.8. The lowest BCUT2D eigenvalue weighted by Gasteiger charge is -2.57. The van der Waals surface area contributed by atoms with Crippen molar-refractivity contribution in [3.05, 3.63) is 35.5 Å². The molecule has 3 fully saturated rings. The van der Waals surface area contributed by atoms with E-state index < -0.39 is 5.41 Å². The SMILES string of the molecule is CCC1C[C@H]2C[C@@]3(C(=O)OC)c4[nH]c5ccccc5c4CCN(C2=O)[C@@H]13. The average Bonchev–Trinajstić information content (AvgIpc) is 3.00. The monoisotopic (exact) mass is 352 g/mol. The number of benzene rings is 1. The predicted molar refractivity (Wildman–Crippen MR) is 97.7 cm³/mol. The minimum absolute atomic E-state index is 0.0820. The molecule has 4 bridgehead atoms. The number of H-pyrrole nitrogens is 1. The van der Waals surface area contributed by atoms with Crippen LogP contribution >= 0.6 is 0 Å². The molecule has 1 aromatic carbocycles. The Labute approximate surface area is 152 Å². The highest BCUT2D eigenvalue weighted by Crippen LogP contribution is 2.55. The van der Waals surface area contributed by atoms with Gasteiger partial charge in [0.1, 0.15) is 5.41 Å². The average molecular weight is 352 g/mol. The third kappa shape index (κ3) is 1.76. The van der Waals surface area contributed by atoms with E-state index in [0.29, 0.717) is 18.9 Å². The van der Waals surface area contributed by atoms with Gasteiger partial charge in [0.2, 0.25) is 5.91 Å². The van der Waals surface area contributed by atoms with Crippen LogP contribution in [0.5, 0.6) is 0 Å². The van der Waals surface area contributed by atoms with Gasteiger partial charge in [-0.05, 0) is 36.8 Å². The molecule has 26 heavy (non-hydrogen) atoms. The Bertz CT molecular complexity index is 917. The number of para-hydroxylation sites is 1. The third-order valence-electron chi connectivity index (χ3n) is 7.01. The van der Waals surface area contributed by atoms with Crippen molar-refractivity contribution in [3.63, 3.8) is 0 Å². The number of amides is 1. The number of esters is 1. The summed E-state index contributed by atoms with van der Waals surface area (Å²) in [6.45, 7) is 2.85. The van der Waals surface area contributed by atoms with Crippen LogP contribution in [-0.4, -0.2) is 41.5 Å². The van der Waals surface area contributed by atoms with Crippen LogP contribution in [0.4, 0.5) is 0 Å². The number of nitrogens with one attached hydrogen (secondary N) is 1. The number of nitrogens with zero attached hydrogens (tertiary/aromatic N) is 1. The fraction of sp³-hybridized carbons (Fsp3) is 0.524. The van der Waals surface area contributed by atoms with Gasteiger partial charge < -0.3 is 14.6 Å². The molecule has 2 saturated heterocycles. The lowest BCUT2D eigenvalue weighted by Crippen LogP contribution is -2.69. The van der Waals surface area contributed by atoms with Gasteiger partial charge in [-0.25, -0.2) is 0 Å². The lowest BCUT2D eigenvalue weighted by atomic mass is 9.56. The van der Waals surface area contributed by atoms with E-state index in [0.717, 1.165) is 35.9 Å². The third-order valence-corrected chi connectivity index (χ3v) is 7.01.